The summed E-state index contributed by atoms with van der Waals surface area (Å²) in [6.07, 6.45) is 3.07. The van der Waals surface area contributed by atoms with Crippen molar-refractivity contribution in [3.8, 4) is 5.75 Å². The Morgan fingerprint density at radius 3 is 2.71 bits per heavy atom. The minimum absolute atomic E-state index is 0.288. The lowest BCUT2D eigenvalue weighted by atomic mass is 10.3. The van der Waals surface area contributed by atoms with Crippen LogP contribution in [0.5, 0.6) is 5.75 Å². The molecule has 0 saturated carbocycles. The molecule has 0 atom stereocenters. The molecule has 0 aromatic heterocycles. The van der Waals surface area contributed by atoms with Gasteiger partial charge >= 0.3 is 0 Å². The highest BCUT2D eigenvalue weighted by Gasteiger charge is 1.95. The number of phenolic OH excluding ortho intramolecular Hbond substituents is 1. The quantitative estimate of drug-likeness (QED) is 0.562. The number of unbranched alkanes of at least 4 members (excludes halogenated alkanes) is 2. The number of aliphatic hydroxyl groups excluding tert-OH is 1. The molecule has 3 heteroatoms. The number of aromatic hydroxyl groups is 1. The fraction of sp³-hybridized carbons (Fsp3) is 0.455. The SMILES string of the molecule is OCCCCCSc1cccc(O)c1. The first-order valence-electron chi connectivity index (χ1n) is 4.85. The first kappa shape index (κ1) is 11.4. The first-order chi connectivity index (χ1) is 6.83. The van der Waals surface area contributed by atoms with Crippen molar-refractivity contribution in [2.24, 2.45) is 0 Å². The molecule has 1 aromatic carbocycles. The molecule has 0 aliphatic rings. The van der Waals surface area contributed by atoms with Crippen LogP contribution >= 0.6 is 11.8 Å². The molecule has 0 saturated heterocycles. The van der Waals surface area contributed by atoms with Gasteiger partial charge in [-0.25, -0.2) is 0 Å². The second-order valence-corrected chi connectivity index (χ2v) is 4.30. The third-order valence-electron chi connectivity index (χ3n) is 1.89. The predicted molar refractivity (Wildman–Crippen MR) is 59.8 cm³/mol. The Bertz CT molecular complexity index is 263. The molecule has 0 spiro atoms. The largest absolute Gasteiger partial charge is 0.508 e. The standard InChI is InChI=1S/C11H16O2S/c12-7-2-1-3-8-14-11-6-4-5-10(13)9-11/h4-6,9,12-13H,1-3,7-8H2. The number of hydrogen-bond acceptors (Lipinski definition) is 3. The summed E-state index contributed by atoms with van der Waals surface area (Å²) in [6, 6.07) is 7.30. The highest BCUT2D eigenvalue weighted by Crippen LogP contribution is 2.22. The van der Waals surface area contributed by atoms with Crippen LogP contribution in [0.3, 0.4) is 0 Å². The summed E-state index contributed by atoms with van der Waals surface area (Å²) < 4.78 is 0. The summed E-state index contributed by atoms with van der Waals surface area (Å²) in [5.41, 5.74) is 0. The Balaban J connectivity index is 2.18. The van der Waals surface area contributed by atoms with Crippen LogP contribution in [0.4, 0.5) is 0 Å². The third kappa shape index (κ3) is 4.53. The third-order valence-corrected chi connectivity index (χ3v) is 2.97. The van der Waals surface area contributed by atoms with Crippen LogP contribution < -0.4 is 0 Å². The van der Waals surface area contributed by atoms with Crippen LogP contribution in [-0.2, 0) is 0 Å². The molecule has 0 heterocycles. The van der Waals surface area contributed by atoms with E-state index in [-0.39, 0.29) is 6.61 Å². The molecule has 0 aliphatic carbocycles. The molecule has 2 nitrogen and oxygen atoms in total. The summed E-state index contributed by atoms with van der Waals surface area (Å²) >= 11 is 1.74. The summed E-state index contributed by atoms with van der Waals surface area (Å²) in [7, 11) is 0. The van der Waals surface area contributed by atoms with Gasteiger partial charge < -0.3 is 10.2 Å². The van der Waals surface area contributed by atoms with Gasteiger partial charge in [0.25, 0.3) is 0 Å². The van der Waals surface area contributed by atoms with Crippen molar-refractivity contribution >= 4 is 11.8 Å². The van der Waals surface area contributed by atoms with E-state index in [1.807, 2.05) is 12.1 Å². The summed E-state index contributed by atoms with van der Waals surface area (Å²) in [6.45, 7) is 0.288. The van der Waals surface area contributed by atoms with Gasteiger partial charge in [0.15, 0.2) is 0 Å². The van der Waals surface area contributed by atoms with Gasteiger partial charge in [0.05, 0.1) is 0 Å². The molecular formula is C11H16O2S. The highest BCUT2D eigenvalue weighted by molar-refractivity contribution is 7.99. The van der Waals surface area contributed by atoms with E-state index >= 15 is 0 Å². The van der Waals surface area contributed by atoms with Gasteiger partial charge in [-0.05, 0) is 36.8 Å². The second-order valence-electron chi connectivity index (χ2n) is 3.13. The number of thioether (sulfide) groups is 1. The molecule has 14 heavy (non-hydrogen) atoms. The zero-order valence-corrected chi connectivity index (χ0v) is 8.96. The van der Waals surface area contributed by atoms with E-state index in [0.29, 0.717) is 5.75 Å². The van der Waals surface area contributed by atoms with Crippen LogP contribution in [0.1, 0.15) is 19.3 Å². The van der Waals surface area contributed by atoms with Crippen molar-refractivity contribution in [2.75, 3.05) is 12.4 Å². The molecule has 1 rings (SSSR count). The number of rotatable bonds is 6. The molecule has 78 valence electrons. The molecule has 0 aliphatic heterocycles. The molecule has 1 aromatic rings. The van der Waals surface area contributed by atoms with Gasteiger partial charge in [-0.2, -0.15) is 0 Å². The van der Waals surface area contributed by atoms with Crippen LogP contribution in [0.25, 0.3) is 0 Å². The Kier molecular flexibility index (Phi) is 5.49. The zero-order valence-electron chi connectivity index (χ0n) is 8.15. The molecule has 0 unspecified atom stereocenters. The maximum Gasteiger partial charge on any atom is 0.116 e. The highest BCUT2D eigenvalue weighted by atomic mass is 32.2. The maximum absolute atomic E-state index is 9.21. The molecule has 0 fully saturated rings. The van der Waals surface area contributed by atoms with E-state index in [0.717, 1.165) is 29.9 Å². The molecule has 0 amide bonds. The van der Waals surface area contributed by atoms with Crippen molar-refractivity contribution in [3.05, 3.63) is 24.3 Å². The number of phenols is 1. The number of benzene rings is 1. The van der Waals surface area contributed by atoms with Gasteiger partial charge in [-0.15, -0.1) is 11.8 Å². The monoisotopic (exact) mass is 212 g/mol. The van der Waals surface area contributed by atoms with Gasteiger partial charge in [-0.3, -0.25) is 0 Å². The van der Waals surface area contributed by atoms with Crippen LogP contribution in [-0.4, -0.2) is 22.6 Å². The molecule has 0 bridgehead atoms. The Morgan fingerprint density at radius 2 is 2.00 bits per heavy atom. The Morgan fingerprint density at radius 1 is 1.14 bits per heavy atom. The minimum atomic E-state index is 0.288. The summed E-state index contributed by atoms with van der Waals surface area (Å²) in [5.74, 6) is 1.37. The van der Waals surface area contributed by atoms with Gasteiger partial charge in [-0.1, -0.05) is 12.5 Å². The topological polar surface area (TPSA) is 40.5 Å². The van der Waals surface area contributed by atoms with Crippen molar-refractivity contribution in [2.45, 2.75) is 24.2 Å². The lowest BCUT2D eigenvalue weighted by Gasteiger charge is -2.01. The van der Waals surface area contributed by atoms with Crippen molar-refractivity contribution in [1.29, 1.82) is 0 Å². The number of aliphatic hydroxyl groups is 1. The van der Waals surface area contributed by atoms with Crippen LogP contribution in [0.2, 0.25) is 0 Å². The van der Waals surface area contributed by atoms with E-state index in [4.69, 9.17) is 5.11 Å². The average Bonchev–Trinajstić information content (AvgIpc) is 2.18. The minimum Gasteiger partial charge on any atom is -0.508 e. The molecule has 2 N–H and O–H groups in total. The van der Waals surface area contributed by atoms with Crippen molar-refractivity contribution < 1.29 is 10.2 Å². The summed E-state index contributed by atoms with van der Waals surface area (Å²) in [4.78, 5) is 1.11. The van der Waals surface area contributed by atoms with Crippen molar-refractivity contribution in [3.63, 3.8) is 0 Å². The van der Waals surface area contributed by atoms with E-state index in [1.165, 1.54) is 0 Å². The van der Waals surface area contributed by atoms with Gasteiger partial charge in [0.2, 0.25) is 0 Å². The molecular weight excluding hydrogens is 196 g/mol. The lowest BCUT2D eigenvalue weighted by Crippen LogP contribution is -1.85. The second kappa shape index (κ2) is 6.74. The van der Waals surface area contributed by atoms with E-state index in [9.17, 15) is 5.11 Å². The fourth-order valence-corrected chi connectivity index (χ4v) is 2.12. The fourth-order valence-electron chi connectivity index (χ4n) is 1.15. The average molecular weight is 212 g/mol. The molecule has 0 radical (unpaired) electrons. The first-order valence-corrected chi connectivity index (χ1v) is 5.84. The lowest BCUT2D eigenvalue weighted by molar-refractivity contribution is 0.284. The van der Waals surface area contributed by atoms with Crippen molar-refractivity contribution in [1.82, 2.24) is 0 Å². The Hall–Kier alpha value is -0.670. The van der Waals surface area contributed by atoms with Gasteiger partial charge in [0, 0.05) is 11.5 Å². The maximum atomic E-state index is 9.21. The van der Waals surface area contributed by atoms with Gasteiger partial charge in [0.1, 0.15) is 5.75 Å². The summed E-state index contributed by atoms with van der Waals surface area (Å²) in [5, 5.41) is 17.8. The normalized spacial score (nSPS) is 10.4. The zero-order chi connectivity index (χ0) is 10.2. The van der Waals surface area contributed by atoms with E-state index < -0.39 is 0 Å². The van der Waals surface area contributed by atoms with E-state index in [2.05, 4.69) is 0 Å². The number of hydrogen-bond donors (Lipinski definition) is 2. The Labute approximate surface area is 89.0 Å². The van der Waals surface area contributed by atoms with E-state index in [1.54, 1.807) is 23.9 Å². The van der Waals surface area contributed by atoms with Crippen LogP contribution in [0, 0.1) is 0 Å². The van der Waals surface area contributed by atoms with Crippen LogP contribution in [0.15, 0.2) is 29.2 Å². The predicted octanol–water partition coefficient (Wildman–Crippen LogP) is 2.65. The smallest absolute Gasteiger partial charge is 0.116 e.